The van der Waals surface area contributed by atoms with Crippen LogP contribution >= 0.6 is 0 Å². The highest BCUT2D eigenvalue weighted by molar-refractivity contribution is 7.91. The van der Waals surface area contributed by atoms with Crippen molar-refractivity contribution in [2.45, 2.75) is 31.6 Å². The number of nitrogens with one attached hydrogen (secondary N) is 1. The van der Waals surface area contributed by atoms with Crippen molar-refractivity contribution in [2.24, 2.45) is 5.92 Å². The van der Waals surface area contributed by atoms with Crippen LogP contribution in [0.5, 0.6) is 0 Å². The molecule has 0 aliphatic carbocycles. The van der Waals surface area contributed by atoms with Crippen LogP contribution in [-0.4, -0.2) is 25.3 Å². The summed E-state index contributed by atoms with van der Waals surface area (Å²) in [6.45, 7) is 5.87. The SMILES string of the molecule is Cc1ccc(S(=O)(=O)C[C@@H](c2ccc(C(=O)NO)cc2)C(C)C)cc1. The van der Waals surface area contributed by atoms with Crippen LogP contribution in [0.15, 0.2) is 53.4 Å². The highest BCUT2D eigenvalue weighted by atomic mass is 32.2. The minimum absolute atomic E-state index is 0.000723. The van der Waals surface area contributed by atoms with Crippen molar-refractivity contribution in [1.82, 2.24) is 5.48 Å². The predicted molar refractivity (Wildman–Crippen MR) is 96.5 cm³/mol. The zero-order chi connectivity index (χ0) is 18.6. The maximum absolute atomic E-state index is 12.8. The van der Waals surface area contributed by atoms with Gasteiger partial charge in [0.1, 0.15) is 0 Å². The van der Waals surface area contributed by atoms with Crippen molar-refractivity contribution in [3.05, 3.63) is 65.2 Å². The molecular weight excluding hydrogens is 338 g/mol. The Morgan fingerprint density at radius 2 is 1.60 bits per heavy atom. The summed E-state index contributed by atoms with van der Waals surface area (Å²) < 4.78 is 25.5. The van der Waals surface area contributed by atoms with E-state index in [1.807, 2.05) is 20.8 Å². The zero-order valence-electron chi connectivity index (χ0n) is 14.6. The quantitative estimate of drug-likeness (QED) is 0.611. The van der Waals surface area contributed by atoms with Gasteiger partial charge in [0.2, 0.25) is 0 Å². The number of rotatable bonds is 6. The van der Waals surface area contributed by atoms with Gasteiger partial charge >= 0.3 is 0 Å². The molecule has 2 aromatic carbocycles. The van der Waals surface area contributed by atoms with Crippen molar-refractivity contribution in [3.8, 4) is 0 Å². The highest BCUT2D eigenvalue weighted by Gasteiger charge is 2.25. The van der Waals surface area contributed by atoms with Gasteiger partial charge in [-0.2, -0.15) is 0 Å². The third kappa shape index (κ3) is 4.67. The number of aryl methyl sites for hydroxylation is 1. The fourth-order valence-electron chi connectivity index (χ4n) is 2.70. The summed E-state index contributed by atoms with van der Waals surface area (Å²) in [6.07, 6.45) is 0. The Morgan fingerprint density at radius 3 is 2.08 bits per heavy atom. The summed E-state index contributed by atoms with van der Waals surface area (Å²) in [5.74, 6) is -0.686. The molecule has 0 bridgehead atoms. The average molecular weight is 361 g/mol. The number of hydrogen-bond acceptors (Lipinski definition) is 4. The van der Waals surface area contributed by atoms with Crippen molar-refractivity contribution < 1.29 is 18.4 Å². The molecule has 0 aromatic heterocycles. The van der Waals surface area contributed by atoms with Crippen LogP contribution in [0.3, 0.4) is 0 Å². The standard InChI is InChI=1S/C19H23NO4S/c1-13(2)18(15-6-8-16(9-7-15)19(21)20-22)12-25(23,24)17-10-4-14(3)5-11-17/h4-11,13,18,22H,12H2,1-3H3,(H,20,21)/t18-/m1/s1. The minimum Gasteiger partial charge on any atom is -0.288 e. The lowest BCUT2D eigenvalue weighted by Gasteiger charge is -2.21. The van der Waals surface area contributed by atoms with E-state index < -0.39 is 15.7 Å². The van der Waals surface area contributed by atoms with Gasteiger partial charge in [0.25, 0.3) is 5.91 Å². The van der Waals surface area contributed by atoms with Gasteiger partial charge in [-0.05, 0) is 42.7 Å². The topological polar surface area (TPSA) is 83.5 Å². The maximum Gasteiger partial charge on any atom is 0.274 e. The fraction of sp³-hybridized carbons (Fsp3) is 0.316. The highest BCUT2D eigenvalue weighted by Crippen LogP contribution is 2.29. The molecule has 6 heteroatoms. The van der Waals surface area contributed by atoms with Gasteiger partial charge in [-0.15, -0.1) is 0 Å². The molecule has 1 atom stereocenters. The largest absolute Gasteiger partial charge is 0.288 e. The lowest BCUT2D eigenvalue weighted by Crippen LogP contribution is -2.21. The summed E-state index contributed by atoms with van der Waals surface area (Å²) in [6, 6.07) is 13.5. The van der Waals surface area contributed by atoms with E-state index in [1.165, 1.54) is 0 Å². The molecule has 0 spiro atoms. The number of benzene rings is 2. The first-order valence-electron chi connectivity index (χ1n) is 8.08. The van der Waals surface area contributed by atoms with Gasteiger partial charge < -0.3 is 0 Å². The molecule has 2 N–H and O–H groups in total. The van der Waals surface area contributed by atoms with E-state index >= 15 is 0 Å². The molecule has 1 amide bonds. The second-order valence-electron chi connectivity index (χ2n) is 6.51. The molecule has 0 aliphatic rings. The fourth-order valence-corrected chi connectivity index (χ4v) is 4.49. The Morgan fingerprint density at radius 1 is 1.04 bits per heavy atom. The number of carbonyl (C=O) groups is 1. The number of hydroxylamine groups is 1. The van der Waals surface area contributed by atoms with E-state index in [0.29, 0.717) is 10.5 Å². The molecular formula is C19H23NO4S. The molecule has 134 valence electrons. The van der Waals surface area contributed by atoms with E-state index in [-0.39, 0.29) is 17.6 Å². The lowest BCUT2D eigenvalue weighted by atomic mass is 9.89. The molecule has 25 heavy (non-hydrogen) atoms. The molecule has 0 radical (unpaired) electrons. The van der Waals surface area contributed by atoms with Crippen LogP contribution in [0.2, 0.25) is 0 Å². The first-order valence-corrected chi connectivity index (χ1v) is 9.73. The molecule has 2 rings (SSSR count). The number of amides is 1. The molecule has 0 unspecified atom stereocenters. The van der Waals surface area contributed by atoms with Gasteiger partial charge in [-0.1, -0.05) is 43.7 Å². The maximum atomic E-state index is 12.8. The zero-order valence-corrected chi connectivity index (χ0v) is 15.4. The first-order chi connectivity index (χ1) is 11.7. The second kappa shape index (κ2) is 7.80. The van der Waals surface area contributed by atoms with Crippen molar-refractivity contribution in [2.75, 3.05) is 5.75 Å². The van der Waals surface area contributed by atoms with Crippen molar-refractivity contribution >= 4 is 15.7 Å². The molecule has 5 nitrogen and oxygen atoms in total. The van der Waals surface area contributed by atoms with Crippen LogP contribution < -0.4 is 5.48 Å². The minimum atomic E-state index is -3.42. The van der Waals surface area contributed by atoms with E-state index in [1.54, 1.807) is 54.0 Å². The van der Waals surface area contributed by atoms with Crippen LogP contribution in [0.25, 0.3) is 0 Å². The summed E-state index contributed by atoms with van der Waals surface area (Å²) in [4.78, 5) is 11.7. The normalized spacial score (nSPS) is 12.8. The number of carbonyl (C=O) groups excluding carboxylic acids is 1. The third-order valence-electron chi connectivity index (χ3n) is 4.29. The summed E-state index contributed by atoms with van der Waals surface area (Å²) in [5, 5.41) is 8.67. The van der Waals surface area contributed by atoms with Gasteiger partial charge in [-0.25, -0.2) is 13.9 Å². The van der Waals surface area contributed by atoms with E-state index in [9.17, 15) is 13.2 Å². The molecule has 2 aromatic rings. The summed E-state index contributed by atoms with van der Waals surface area (Å²) in [5.41, 5.74) is 3.76. The van der Waals surface area contributed by atoms with E-state index in [0.717, 1.165) is 11.1 Å². The van der Waals surface area contributed by atoms with Crippen molar-refractivity contribution in [1.29, 1.82) is 0 Å². The van der Waals surface area contributed by atoms with Gasteiger partial charge in [0, 0.05) is 11.5 Å². The summed E-state index contributed by atoms with van der Waals surface area (Å²) >= 11 is 0. The summed E-state index contributed by atoms with van der Waals surface area (Å²) in [7, 11) is -3.42. The Balaban J connectivity index is 2.29. The molecule has 0 aliphatic heterocycles. The third-order valence-corrected chi connectivity index (χ3v) is 6.07. The monoisotopic (exact) mass is 361 g/mol. The Bertz CT molecular complexity index is 825. The Labute approximate surface area is 148 Å². The van der Waals surface area contributed by atoms with Crippen LogP contribution in [0, 0.1) is 12.8 Å². The van der Waals surface area contributed by atoms with Crippen LogP contribution in [-0.2, 0) is 9.84 Å². The second-order valence-corrected chi connectivity index (χ2v) is 8.54. The van der Waals surface area contributed by atoms with Gasteiger partial charge in [-0.3, -0.25) is 10.0 Å². The smallest absolute Gasteiger partial charge is 0.274 e. The molecule has 0 fully saturated rings. The average Bonchev–Trinajstić information content (AvgIpc) is 2.59. The van der Waals surface area contributed by atoms with E-state index in [2.05, 4.69) is 0 Å². The molecule has 0 saturated carbocycles. The van der Waals surface area contributed by atoms with Gasteiger partial charge in [0.05, 0.1) is 10.6 Å². The van der Waals surface area contributed by atoms with E-state index in [4.69, 9.17) is 5.21 Å². The van der Waals surface area contributed by atoms with Gasteiger partial charge in [0.15, 0.2) is 9.84 Å². The van der Waals surface area contributed by atoms with Crippen LogP contribution in [0.4, 0.5) is 0 Å². The Kier molecular flexibility index (Phi) is 5.98. The predicted octanol–water partition coefficient (Wildman–Crippen LogP) is 3.33. The lowest BCUT2D eigenvalue weighted by molar-refractivity contribution is 0.0706. The van der Waals surface area contributed by atoms with Crippen LogP contribution in [0.1, 0.15) is 41.3 Å². The Hall–Kier alpha value is -2.18. The number of hydrogen-bond donors (Lipinski definition) is 2. The first kappa shape index (κ1) is 19.1. The molecule has 0 heterocycles. The van der Waals surface area contributed by atoms with Crippen molar-refractivity contribution in [3.63, 3.8) is 0 Å². The molecule has 0 saturated heterocycles. The number of sulfone groups is 1.